The Hall–Kier alpha value is -2.73. The third-order valence-corrected chi connectivity index (χ3v) is 4.25. The lowest BCUT2D eigenvalue weighted by Gasteiger charge is -1.98. The number of hydrogen-bond acceptors (Lipinski definition) is 4. The van der Waals surface area contributed by atoms with Crippen LogP contribution in [0.25, 0.3) is 15.9 Å². The van der Waals surface area contributed by atoms with Crippen LogP contribution in [0.3, 0.4) is 0 Å². The summed E-state index contributed by atoms with van der Waals surface area (Å²) in [5, 5.41) is 3.46. The molecule has 0 fully saturated rings. The summed E-state index contributed by atoms with van der Waals surface area (Å²) in [4.78, 5) is 21.0. The third kappa shape index (κ3) is 2.44. The summed E-state index contributed by atoms with van der Waals surface area (Å²) in [5.41, 5.74) is 2.48. The minimum Gasteiger partial charge on any atom is -0.307 e. The standard InChI is InChI=1S/C16H12N4OS/c21-15(9-11-10-20-8-4-3-7-14(20)17-11)19-16-18-12-5-1-2-6-13(12)22-16/h1-8,10H,9H2,(H,18,19,21). The van der Waals surface area contributed by atoms with E-state index in [9.17, 15) is 4.79 Å². The number of para-hydroxylation sites is 1. The van der Waals surface area contributed by atoms with E-state index in [0.717, 1.165) is 21.6 Å². The Labute approximate surface area is 130 Å². The zero-order valence-electron chi connectivity index (χ0n) is 11.6. The molecule has 5 nitrogen and oxygen atoms in total. The van der Waals surface area contributed by atoms with Crippen molar-refractivity contribution in [3.8, 4) is 0 Å². The van der Waals surface area contributed by atoms with Gasteiger partial charge in [0.2, 0.25) is 5.91 Å². The monoisotopic (exact) mass is 308 g/mol. The van der Waals surface area contributed by atoms with Crippen LogP contribution in [0.5, 0.6) is 0 Å². The van der Waals surface area contributed by atoms with Gasteiger partial charge in [0.05, 0.1) is 22.3 Å². The number of pyridine rings is 1. The molecule has 0 aliphatic rings. The van der Waals surface area contributed by atoms with E-state index in [1.54, 1.807) is 0 Å². The number of aromatic nitrogens is 3. The number of rotatable bonds is 3. The van der Waals surface area contributed by atoms with E-state index in [4.69, 9.17) is 0 Å². The number of nitrogens with zero attached hydrogens (tertiary/aromatic N) is 3. The predicted molar refractivity (Wildman–Crippen MR) is 87.1 cm³/mol. The second kappa shape index (κ2) is 5.23. The van der Waals surface area contributed by atoms with Gasteiger partial charge in [-0.1, -0.05) is 29.5 Å². The Balaban J connectivity index is 1.52. The maximum absolute atomic E-state index is 12.1. The first-order valence-electron chi connectivity index (χ1n) is 6.86. The Morgan fingerprint density at radius 3 is 2.86 bits per heavy atom. The van der Waals surface area contributed by atoms with Gasteiger partial charge in [-0.3, -0.25) is 4.79 Å². The van der Waals surface area contributed by atoms with Gasteiger partial charge >= 0.3 is 0 Å². The second-order valence-corrected chi connectivity index (χ2v) is 5.94. The van der Waals surface area contributed by atoms with E-state index in [0.29, 0.717) is 5.13 Å². The van der Waals surface area contributed by atoms with Gasteiger partial charge in [0.1, 0.15) is 5.65 Å². The predicted octanol–water partition coefficient (Wildman–Crippen LogP) is 3.13. The molecule has 108 valence electrons. The summed E-state index contributed by atoms with van der Waals surface area (Å²) in [6.07, 6.45) is 4.02. The van der Waals surface area contributed by atoms with Gasteiger partial charge in [0, 0.05) is 12.4 Å². The van der Waals surface area contributed by atoms with Crippen LogP contribution in [-0.2, 0) is 11.2 Å². The zero-order valence-corrected chi connectivity index (χ0v) is 12.4. The molecule has 0 bridgehead atoms. The molecule has 1 aromatic carbocycles. The first-order chi connectivity index (χ1) is 10.8. The molecule has 0 unspecified atom stereocenters. The topological polar surface area (TPSA) is 59.3 Å². The van der Waals surface area contributed by atoms with Gasteiger partial charge in [-0.05, 0) is 24.3 Å². The van der Waals surface area contributed by atoms with E-state index in [2.05, 4.69) is 15.3 Å². The van der Waals surface area contributed by atoms with E-state index >= 15 is 0 Å². The fourth-order valence-corrected chi connectivity index (χ4v) is 3.21. The highest BCUT2D eigenvalue weighted by molar-refractivity contribution is 7.22. The molecule has 0 saturated heterocycles. The summed E-state index contributed by atoms with van der Waals surface area (Å²) in [7, 11) is 0. The molecule has 0 atom stereocenters. The fourth-order valence-electron chi connectivity index (χ4n) is 2.33. The average molecular weight is 308 g/mol. The van der Waals surface area contributed by atoms with Gasteiger partial charge in [-0.25, -0.2) is 9.97 Å². The van der Waals surface area contributed by atoms with Crippen LogP contribution in [0.1, 0.15) is 5.69 Å². The molecule has 0 saturated carbocycles. The summed E-state index contributed by atoms with van der Waals surface area (Å²) >= 11 is 1.47. The molecule has 3 heterocycles. The number of fused-ring (bicyclic) bond motifs is 2. The van der Waals surface area contributed by atoms with Crippen molar-refractivity contribution in [2.75, 3.05) is 5.32 Å². The summed E-state index contributed by atoms with van der Waals surface area (Å²) in [5.74, 6) is -0.109. The van der Waals surface area contributed by atoms with Crippen molar-refractivity contribution < 1.29 is 4.79 Å². The Morgan fingerprint density at radius 1 is 1.14 bits per heavy atom. The highest BCUT2D eigenvalue weighted by Gasteiger charge is 2.10. The summed E-state index contributed by atoms with van der Waals surface area (Å²) in [6.45, 7) is 0. The largest absolute Gasteiger partial charge is 0.307 e. The quantitative estimate of drug-likeness (QED) is 0.632. The van der Waals surface area contributed by atoms with E-state index in [1.807, 2.05) is 59.3 Å². The first-order valence-corrected chi connectivity index (χ1v) is 7.68. The molecule has 0 aliphatic heterocycles. The third-order valence-electron chi connectivity index (χ3n) is 3.30. The van der Waals surface area contributed by atoms with E-state index < -0.39 is 0 Å². The highest BCUT2D eigenvalue weighted by atomic mass is 32.1. The van der Waals surface area contributed by atoms with Crippen LogP contribution in [-0.4, -0.2) is 20.3 Å². The van der Waals surface area contributed by atoms with Gasteiger partial charge in [0.25, 0.3) is 0 Å². The second-order valence-electron chi connectivity index (χ2n) is 4.91. The normalized spacial score (nSPS) is 11.1. The molecular weight excluding hydrogens is 296 g/mol. The van der Waals surface area contributed by atoms with Crippen molar-refractivity contribution in [1.29, 1.82) is 0 Å². The van der Waals surface area contributed by atoms with Crippen LogP contribution in [0, 0.1) is 0 Å². The van der Waals surface area contributed by atoms with Crippen molar-refractivity contribution in [2.24, 2.45) is 0 Å². The lowest BCUT2D eigenvalue weighted by Crippen LogP contribution is -2.14. The van der Waals surface area contributed by atoms with Crippen molar-refractivity contribution in [3.05, 3.63) is 60.6 Å². The molecule has 22 heavy (non-hydrogen) atoms. The van der Waals surface area contributed by atoms with Crippen molar-refractivity contribution in [2.45, 2.75) is 6.42 Å². The van der Waals surface area contributed by atoms with Crippen LogP contribution in [0.4, 0.5) is 5.13 Å². The number of carbonyl (C=O) groups excluding carboxylic acids is 1. The van der Waals surface area contributed by atoms with Crippen LogP contribution in [0.15, 0.2) is 54.9 Å². The van der Waals surface area contributed by atoms with Crippen molar-refractivity contribution in [1.82, 2.24) is 14.4 Å². The lowest BCUT2D eigenvalue weighted by molar-refractivity contribution is -0.115. The molecule has 0 spiro atoms. The van der Waals surface area contributed by atoms with Gasteiger partial charge in [-0.2, -0.15) is 0 Å². The molecule has 4 rings (SSSR count). The highest BCUT2D eigenvalue weighted by Crippen LogP contribution is 2.25. The van der Waals surface area contributed by atoms with E-state index in [1.165, 1.54) is 11.3 Å². The van der Waals surface area contributed by atoms with Gasteiger partial charge in [-0.15, -0.1) is 0 Å². The molecule has 3 aromatic heterocycles. The summed E-state index contributed by atoms with van der Waals surface area (Å²) in [6, 6.07) is 13.6. The van der Waals surface area contributed by atoms with Crippen LogP contribution >= 0.6 is 11.3 Å². The number of amides is 1. The SMILES string of the molecule is O=C(Cc1cn2ccccc2n1)Nc1nc2ccccc2s1. The molecule has 0 radical (unpaired) electrons. The number of benzene rings is 1. The number of nitrogens with one attached hydrogen (secondary N) is 1. The number of thiazole rings is 1. The average Bonchev–Trinajstić information content (AvgIpc) is 3.08. The maximum atomic E-state index is 12.1. The number of anilines is 1. The smallest absolute Gasteiger partial charge is 0.232 e. The van der Waals surface area contributed by atoms with Crippen molar-refractivity contribution >= 4 is 38.2 Å². The number of hydrogen-bond donors (Lipinski definition) is 1. The van der Waals surface area contributed by atoms with Gasteiger partial charge in [0.15, 0.2) is 5.13 Å². The first kappa shape index (κ1) is 13.0. The Morgan fingerprint density at radius 2 is 2.00 bits per heavy atom. The minimum absolute atomic E-state index is 0.109. The van der Waals surface area contributed by atoms with Crippen LogP contribution < -0.4 is 5.32 Å². The lowest BCUT2D eigenvalue weighted by atomic mass is 10.3. The molecule has 6 heteroatoms. The molecule has 1 N–H and O–H groups in total. The Kier molecular flexibility index (Phi) is 3.08. The zero-order chi connectivity index (χ0) is 14.9. The summed E-state index contributed by atoms with van der Waals surface area (Å²) < 4.78 is 2.96. The minimum atomic E-state index is -0.109. The fraction of sp³-hybridized carbons (Fsp3) is 0.0625. The molecular formula is C16H12N4OS. The molecule has 0 aliphatic carbocycles. The number of carbonyl (C=O) groups is 1. The Bertz CT molecular complexity index is 828. The molecule has 4 aromatic rings. The maximum Gasteiger partial charge on any atom is 0.232 e. The van der Waals surface area contributed by atoms with Crippen LogP contribution in [0.2, 0.25) is 0 Å². The van der Waals surface area contributed by atoms with Gasteiger partial charge < -0.3 is 9.72 Å². The van der Waals surface area contributed by atoms with E-state index in [-0.39, 0.29) is 12.3 Å². The molecule has 1 amide bonds. The number of imidazole rings is 1. The van der Waals surface area contributed by atoms with Crippen molar-refractivity contribution in [3.63, 3.8) is 0 Å².